The molecule has 4 aromatic carbocycles. The van der Waals surface area contributed by atoms with E-state index in [-0.39, 0.29) is 59.8 Å². The molecule has 8 rings (SSSR count). The van der Waals surface area contributed by atoms with Crippen LogP contribution in [0.25, 0.3) is 0 Å². The van der Waals surface area contributed by atoms with Crippen LogP contribution in [0.2, 0.25) is 0 Å². The molecule has 0 radical (unpaired) electrons. The summed E-state index contributed by atoms with van der Waals surface area (Å²) < 4.78 is 21.9. The van der Waals surface area contributed by atoms with E-state index in [9.17, 15) is 68.4 Å². The van der Waals surface area contributed by atoms with Crippen molar-refractivity contribution < 1.29 is 87.3 Å². The van der Waals surface area contributed by atoms with Crippen molar-refractivity contribution >= 4 is 58.8 Å². The first kappa shape index (κ1) is 67.3. The van der Waals surface area contributed by atoms with Gasteiger partial charge in [0.15, 0.2) is 22.8 Å². The number of aliphatic hydroxyl groups excluding tert-OH is 4. The van der Waals surface area contributed by atoms with Crippen LogP contribution in [0.3, 0.4) is 0 Å². The van der Waals surface area contributed by atoms with Crippen LogP contribution in [-0.4, -0.2) is 190 Å². The summed E-state index contributed by atoms with van der Waals surface area (Å²) in [5.74, 6) is -3.73. The zero-order valence-electron chi connectivity index (χ0n) is 49.8. The zero-order chi connectivity index (χ0) is 63.7. The second-order valence-corrected chi connectivity index (χ2v) is 22.9. The van der Waals surface area contributed by atoms with Gasteiger partial charge in [0, 0.05) is 24.2 Å². The van der Waals surface area contributed by atoms with Crippen LogP contribution in [0.5, 0.6) is 11.5 Å². The zero-order valence-corrected chi connectivity index (χ0v) is 49.8. The molecule has 0 aliphatic carbocycles. The number of carbonyl (C=O) groups excluding carboxylic acids is 10. The van der Waals surface area contributed by atoms with Gasteiger partial charge in [-0.15, -0.1) is 0 Å². The molecule has 88 heavy (non-hydrogen) atoms. The Morgan fingerprint density at radius 1 is 0.477 bits per heavy atom. The summed E-state index contributed by atoms with van der Waals surface area (Å²) in [6.07, 6.45) is 4.59. The largest absolute Gasteiger partial charge is 0.494 e. The van der Waals surface area contributed by atoms with Crippen LogP contribution in [0, 0.1) is 11.8 Å². The van der Waals surface area contributed by atoms with Crippen molar-refractivity contribution in [1.29, 1.82) is 0 Å². The maximum absolute atomic E-state index is 12.9. The van der Waals surface area contributed by atoms with Crippen molar-refractivity contribution in [3.05, 3.63) is 130 Å². The van der Waals surface area contributed by atoms with Gasteiger partial charge in [0.1, 0.15) is 23.6 Å². The number of aliphatic hydroxyl groups is 4. The van der Waals surface area contributed by atoms with Crippen molar-refractivity contribution in [2.45, 2.75) is 114 Å². The lowest BCUT2D eigenvalue weighted by Crippen LogP contribution is -2.55. The number of unbranched alkanes of at least 4 members (excludes halogenated alkanes) is 4. The summed E-state index contributed by atoms with van der Waals surface area (Å²) in [7, 11) is 0. The molecule has 2 fully saturated rings. The Morgan fingerprint density at radius 2 is 0.818 bits per heavy atom. The second kappa shape index (κ2) is 31.1. The van der Waals surface area contributed by atoms with E-state index >= 15 is 0 Å². The van der Waals surface area contributed by atoms with E-state index in [1.54, 1.807) is 72.8 Å². The van der Waals surface area contributed by atoms with Crippen LogP contribution < -0.4 is 30.7 Å². The van der Waals surface area contributed by atoms with E-state index in [2.05, 4.69) is 21.3 Å². The number of carbonyl (C=O) groups is 10. The molecular formula is C64H78N6O18. The number of imide groups is 2. The Bertz CT molecular complexity index is 2920. The van der Waals surface area contributed by atoms with Gasteiger partial charge in [0.25, 0.3) is 35.4 Å². The highest BCUT2D eigenvalue weighted by atomic mass is 16.6. The molecule has 0 bridgehead atoms. The summed E-state index contributed by atoms with van der Waals surface area (Å²) in [5, 5.41) is 49.0. The highest BCUT2D eigenvalue weighted by Gasteiger charge is 2.55. The number of rotatable bonds is 34. The summed E-state index contributed by atoms with van der Waals surface area (Å²) in [5.41, 5.74) is -0.490. The Labute approximate surface area is 509 Å². The molecule has 6 atom stereocenters. The number of hydrogen-bond acceptors (Lipinski definition) is 18. The van der Waals surface area contributed by atoms with Gasteiger partial charge in [-0.25, -0.2) is 0 Å². The number of amides is 8. The van der Waals surface area contributed by atoms with Gasteiger partial charge in [-0.2, -0.15) is 0 Å². The molecule has 8 amide bonds. The Hall–Kier alpha value is -8.26. The number of hydrogen-bond donors (Lipinski definition) is 8. The van der Waals surface area contributed by atoms with E-state index in [0.29, 0.717) is 111 Å². The van der Waals surface area contributed by atoms with E-state index in [0.717, 1.165) is 0 Å². The topological polar surface area (TPSA) is 350 Å². The molecule has 472 valence electrons. The number of ether oxygens (including phenoxy) is 4. The lowest BCUT2D eigenvalue weighted by Gasteiger charge is -2.24. The quantitative estimate of drug-likeness (QED) is 0.0189. The van der Waals surface area contributed by atoms with Crippen molar-refractivity contribution in [1.82, 2.24) is 31.1 Å². The molecule has 2 saturated heterocycles. The highest BCUT2D eigenvalue weighted by molar-refractivity contribution is 6.22. The van der Waals surface area contributed by atoms with Gasteiger partial charge in [0.2, 0.25) is 11.8 Å². The number of nitrogens with one attached hydrogen (secondary N) is 4. The maximum atomic E-state index is 12.9. The normalized spacial score (nSPS) is 18.5. The van der Waals surface area contributed by atoms with E-state index in [1.807, 2.05) is 27.7 Å². The summed E-state index contributed by atoms with van der Waals surface area (Å²) in [6.45, 7) is 6.62. The van der Waals surface area contributed by atoms with Crippen LogP contribution in [0.4, 0.5) is 0 Å². The van der Waals surface area contributed by atoms with Crippen molar-refractivity contribution in [3.63, 3.8) is 0 Å². The van der Waals surface area contributed by atoms with Gasteiger partial charge >= 0.3 is 0 Å². The molecule has 24 nitrogen and oxygen atoms in total. The SMILES string of the molecule is CC(C)CC(NC(=O)[C@H](CO)NC(=O)c1cccc(OCCCCCN2C(=O)c3ccccc3C2=O)c1)C(=O)C1(CO)CO1.CC(C)CC(NC(=O)[C@H](CO)NC(=O)c1cccc(OCCCCCN2C(=O)c3ccccc3C2=O)c1)C(=O)C1(CO)CO1. The molecule has 4 heterocycles. The first-order chi connectivity index (χ1) is 42.2. The van der Waals surface area contributed by atoms with Crippen LogP contribution in [0.15, 0.2) is 97.1 Å². The third-order valence-electron chi connectivity index (χ3n) is 15.2. The Balaban J connectivity index is 0.000000251. The van der Waals surface area contributed by atoms with Crippen molar-refractivity contribution in [2.24, 2.45) is 11.8 Å². The van der Waals surface area contributed by atoms with Gasteiger partial charge < -0.3 is 60.6 Å². The smallest absolute Gasteiger partial charge is 0.261 e. The molecular weight excluding hydrogens is 1140 g/mol. The Kier molecular flexibility index (Phi) is 23.8. The number of epoxide rings is 2. The molecule has 0 aromatic heterocycles. The average Bonchev–Trinajstić information content (AvgIpc) is 3.52. The monoisotopic (exact) mass is 1220 g/mol. The van der Waals surface area contributed by atoms with E-state index in [1.165, 1.54) is 34.1 Å². The minimum atomic E-state index is -1.32. The summed E-state index contributed by atoms with van der Waals surface area (Å²) in [6, 6.07) is 21.7. The molecule has 8 N–H and O–H groups in total. The maximum Gasteiger partial charge on any atom is 0.261 e. The second-order valence-electron chi connectivity index (χ2n) is 22.9. The van der Waals surface area contributed by atoms with Crippen molar-refractivity contribution in [3.8, 4) is 11.5 Å². The Morgan fingerprint density at radius 3 is 1.11 bits per heavy atom. The molecule has 4 aliphatic heterocycles. The predicted octanol–water partition coefficient (Wildman–Crippen LogP) is 2.97. The molecule has 0 saturated carbocycles. The molecule has 24 heteroatoms. The van der Waals surface area contributed by atoms with Crippen molar-refractivity contribution in [2.75, 3.05) is 65.9 Å². The highest BCUT2D eigenvalue weighted by Crippen LogP contribution is 2.32. The number of ketones is 2. The predicted molar refractivity (Wildman–Crippen MR) is 316 cm³/mol. The fourth-order valence-corrected chi connectivity index (χ4v) is 10.1. The number of Topliss-reactive ketones (excluding diaryl/α,β-unsaturated/α-hetero) is 2. The fourth-order valence-electron chi connectivity index (χ4n) is 10.1. The molecule has 4 unspecified atom stereocenters. The van der Waals surface area contributed by atoms with Gasteiger partial charge in [0.05, 0.1) is 87.2 Å². The lowest BCUT2D eigenvalue weighted by molar-refractivity contribution is -0.133. The van der Waals surface area contributed by atoms with Gasteiger partial charge in [-0.3, -0.25) is 57.7 Å². The van der Waals surface area contributed by atoms with Gasteiger partial charge in [-0.05, 0) is 124 Å². The third kappa shape index (κ3) is 17.1. The average molecular weight is 1220 g/mol. The number of benzene rings is 4. The van der Waals surface area contributed by atoms with E-state index in [4.69, 9.17) is 18.9 Å². The number of fused-ring (bicyclic) bond motifs is 2. The minimum absolute atomic E-state index is 0.0417. The standard InChI is InChI=1S/2C32H39N3O9/c2*1-20(2)15-25(27(38)32(18-37)19-44-32)33-29(40)26(17-36)34-28(39)21-9-8-10-22(16-21)43-14-7-3-6-13-35-30(41)23-11-4-5-12-24(23)31(35)42/h2*4-5,8-12,16,20,25-26,36-37H,3,6-7,13-15,17-19H2,1-2H3,(H,33,40)(H,34,39)/t2*25?,26-,32?/m00/s1. The van der Waals surface area contributed by atoms with Crippen LogP contribution >= 0.6 is 0 Å². The first-order valence-electron chi connectivity index (χ1n) is 29.6. The third-order valence-corrected chi connectivity index (χ3v) is 15.2. The van der Waals surface area contributed by atoms with Crippen LogP contribution in [-0.2, 0) is 28.7 Å². The molecule has 0 spiro atoms. The lowest BCUT2D eigenvalue weighted by atomic mass is 9.92. The summed E-state index contributed by atoms with van der Waals surface area (Å²) >= 11 is 0. The molecule has 4 aliphatic rings. The summed E-state index contributed by atoms with van der Waals surface area (Å²) in [4.78, 5) is 130. The van der Waals surface area contributed by atoms with Crippen LogP contribution in [0.1, 0.15) is 141 Å². The number of nitrogens with zero attached hydrogens (tertiary/aromatic N) is 2. The first-order valence-corrected chi connectivity index (χ1v) is 29.6. The minimum Gasteiger partial charge on any atom is -0.494 e. The fraction of sp³-hybridized carbons (Fsp3) is 0.469. The molecule has 4 aromatic rings. The van der Waals surface area contributed by atoms with E-state index < -0.39 is 97.0 Å². The van der Waals surface area contributed by atoms with Gasteiger partial charge in [-0.1, -0.05) is 64.1 Å².